The minimum atomic E-state index is -0.325. The van der Waals surface area contributed by atoms with Crippen LogP contribution in [-0.2, 0) is 0 Å². The van der Waals surface area contributed by atoms with Gasteiger partial charge in [0, 0.05) is 88.2 Å². The van der Waals surface area contributed by atoms with Gasteiger partial charge in [0.2, 0.25) is 0 Å². The third-order valence-electron chi connectivity index (χ3n) is 7.88. The quantitative estimate of drug-likeness (QED) is 0.0932. The standard InChI is InChI=1S/C37H41N7O4S/c1-2-10-41-34(45)26-14-24(15-27(18-26)35(46)42-11-7-38)22-3-5-32-30(20-22)31-21-23(4-6-33(31)49-32)25-16-28(36(47)43-12-8-39)19-29(17-25)37(48)44-13-9-40/h3-6,14-21H,2,7-13,38-40H2,1H3,(H,41,45)(H,42,46)(H,43,47)(H,44,48). The fourth-order valence-electron chi connectivity index (χ4n) is 5.45. The molecule has 0 aliphatic heterocycles. The minimum absolute atomic E-state index is 0.252. The Balaban J connectivity index is 1.60. The Kier molecular flexibility index (Phi) is 11.7. The van der Waals surface area contributed by atoms with E-state index >= 15 is 0 Å². The van der Waals surface area contributed by atoms with Crippen molar-refractivity contribution in [3.8, 4) is 22.3 Å². The predicted octanol–water partition coefficient (Wildman–Crippen LogP) is 3.59. The molecule has 4 aromatic carbocycles. The third-order valence-corrected chi connectivity index (χ3v) is 9.03. The molecule has 0 saturated heterocycles. The largest absolute Gasteiger partial charge is 0.352 e. The zero-order valence-electron chi connectivity index (χ0n) is 27.4. The smallest absolute Gasteiger partial charge is 0.251 e. The Hall–Kier alpha value is -5.14. The first kappa shape index (κ1) is 35.2. The van der Waals surface area contributed by atoms with Gasteiger partial charge < -0.3 is 38.5 Å². The van der Waals surface area contributed by atoms with E-state index in [1.54, 1.807) is 47.7 Å². The molecule has 0 radical (unpaired) electrons. The van der Waals surface area contributed by atoms with E-state index in [4.69, 9.17) is 17.2 Å². The molecular weight excluding hydrogens is 639 g/mol. The molecule has 254 valence electrons. The lowest BCUT2D eigenvalue weighted by atomic mass is 9.96. The lowest BCUT2D eigenvalue weighted by Crippen LogP contribution is -2.31. The molecule has 0 saturated carbocycles. The molecule has 0 aliphatic rings. The van der Waals surface area contributed by atoms with Crippen molar-refractivity contribution in [1.82, 2.24) is 21.3 Å². The molecule has 4 amide bonds. The zero-order chi connectivity index (χ0) is 34.9. The van der Waals surface area contributed by atoms with Crippen molar-refractivity contribution in [3.63, 3.8) is 0 Å². The van der Waals surface area contributed by atoms with Gasteiger partial charge in [0.1, 0.15) is 0 Å². The molecule has 1 heterocycles. The van der Waals surface area contributed by atoms with Crippen LogP contribution in [0.1, 0.15) is 54.8 Å². The second-order valence-electron chi connectivity index (χ2n) is 11.5. The molecule has 0 spiro atoms. The van der Waals surface area contributed by atoms with Crippen LogP contribution >= 0.6 is 11.3 Å². The highest BCUT2D eigenvalue weighted by Crippen LogP contribution is 2.39. The van der Waals surface area contributed by atoms with Crippen molar-refractivity contribution in [2.45, 2.75) is 13.3 Å². The second kappa shape index (κ2) is 16.3. The van der Waals surface area contributed by atoms with Crippen molar-refractivity contribution in [3.05, 3.63) is 95.1 Å². The number of fused-ring (bicyclic) bond motifs is 3. The number of thiophene rings is 1. The van der Waals surface area contributed by atoms with Gasteiger partial charge in [0.25, 0.3) is 23.6 Å². The van der Waals surface area contributed by atoms with Crippen molar-refractivity contribution < 1.29 is 19.2 Å². The third kappa shape index (κ3) is 8.30. The van der Waals surface area contributed by atoms with Gasteiger partial charge in [0.15, 0.2) is 0 Å². The Bertz CT molecular complexity index is 1810. The highest BCUT2D eigenvalue weighted by molar-refractivity contribution is 7.25. The molecule has 0 fully saturated rings. The maximum atomic E-state index is 13.0. The normalized spacial score (nSPS) is 11.0. The first-order valence-corrected chi connectivity index (χ1v) is 17.1. The van der Waals surface area contributed by atoms with Crippen LogP contribution in [0.2, 0.25) is 0 Å². The number of nitrogens with one attached hydrogen (secondary N) is 4. The molecule has 5 rings (SSSR count). The predicted molar refractivity (Wildman–Crippen MR) is 197 cm³/mol. The van der Waals surface area contributed by atoms with E-state index in [1.807, 2.05) is 31.2 Å². The number of hydrogen-bond acceptors (Lipinski definition) is 8. The summed E-state index contributed by atoms with van der Waals surface area (Å²) in [4.78, 5) is 51.9. The van der Waals surface area contributed by atoms with Crippen molar-refractivity contribution >= 4 is 55.1 Å². The first-order chi connectivity index (χ1) is 23.8. The van der Waals surface area contributed by atoms with E-state index in [-0.39, 0.29) is 36.7 Å². The highest BCUT2D eigenvalue weighted by atomic mass is 32.1. The molecule has 0 atom stereocenters. The van der Waals surface area contributed by atoms with E-state index in [0.717, 1.165) is 43.3 Å². The lowest BCUT2D eigenvalue weighted by Gasteiger charge is -2.12. The van der Waals surface area contributed by atoms with Gasteiger partial charge in [-0.05, 0) is 89.3 Å². The van der Waals surface area contributed by atoms with Crippen LogP contribution in [0.3, 0.4) is 0 Å². The van der Waals surface area contributed by atoms with Crippen LogP contribution in [0.4, 0.5) is 0 Å². The summed E-state index contributed by atoms with van der Waals surface area (Å²) in [6.45, 7) is 4.30. The van der Waals surface area contributed by atoms with E-state index in [2.05, 4.69) is 33.4 Å². The van der Waals surface area contributed by atoms with Gasteiger partial charge in [-0.1, -0.05) is 19.1 Å². The van der Waals surface area contributed by atoms with Crippen molar-refractivity contribution in [1.29, 1.82) is 0 Å². The Morgan fingerprint density at radius 1 is 0.490 bits per heavy atom. The summed E-state index contributed by atoms with van der Waals surface area (Å²) in [7, 11) is 0. The molecule has 1 aromatic heterocycles. The highest BCUT2D eigenvalue weighted by Gasteiger charge is 2.17. The number of nitrogens with two attached hydrogens (primary N) is 3. The van der Waals surface area contributed by atoms with Crippen molar-refractivity contribution in [2.24, 2.45) is 17.2 Å². The molecular formula is C37H41N7O4S. The van der Waals surface area contributed by atoms with E-state index in [1.165, 1.54) is 0 Å². The summed E-state index contributed by atoms with van der Waals surface area (Å²) in [5, 5.41) is 13.2. The first-order valence-electron chi connectivity index (χ1n) is 16.3. The summed E-state index contributed by atoms with van der Waals surface area (Å²) < 4.78 is 2.12. The van der Waals surface area contributed by atoms with Crippen molar-refractivity contribution in [2.75, 3.05) is 45.8 Å². The van der Waals surface area contributed by atoms with Crippen LogP contribution in [-0.4, -0.2) is 69.4 Å². The fraction of sp³-hybridized carbons (Fsp3) is 0.243. The maximum Gasteiger partial charge on any atom is 0.251 e. The average Bonchev–Trinajstić information content (AvgIpc) is 3.50. The Morgan fingerprint density at radius 2 is 0.837 bits per heavy atom. The lowest BCUT2D eigenvalue weighted by molar-refractivity contribution is 0.0939. The van der Waals surface area contributed by atoms with Crippen LogP contribution < -0.4 is 38.5 Å². The molecule has 0 unspecified atom stereocenters. The van der Waals surface area contributed by atoms with Gasteiger partial charge in [0.05, 0.1) is 0 Å². The summed E-state index contributed by atoms with van der Waals surface area (Å²) in [6, 6.07) is 22.4. The molecule has 0 aliphatic carbocycles. The van der Waals surface area contributed by atoms with E-state index in [0.29, 0.717) is 60.5 Å². The molecule has 10 N–H and O–H groups in total. The van der Waals surface area contributed by atoms with Crippen LogP contribution in [0.5, 0.6) is 0 Å². The van der Waals surface area contributed by atoms with E-state index in [9.17, 15) is 19.2 Å². The topological polar surface area (TPSA) is 194 Å². The van der Waals surface area contributed by atoms with Gasteiger partial charge in [-0.3, -0.25) is 19.2 Å². The summed E-state index contributed by atoms with van der Waals surface area (Å²) in [5.41, 5.74) is 21.3. The molecule has 12 heteroatoms. The van der Waals surface area contributed by atoms with Gasteiger partial charge in [-0.15, -0.1) is 11.3 Å². The van der Waals surface area contributed by atoms with Crippen LogP contribution in [0.25, 0.3) is 42.4 Å². The molecule has 0 bridgehead atoms. The maximum absolute atomic E-state index is 13.0. The zero-order valence-corrected chi connectivity index (χ0v) is 28.2. The Morgan fingerprint density at radius 3 is 1.16 bits per heavy atom. The fourth-order valence-corrected chi connectivity index (χ4v) is 6.52. The summed E-state index contributed by atoms with van der Waals surface area (Å²) >= 11 is 1.65. The van der Waals surface area contributed by atoms with Crippen LogP contribution in [0, 0.1) is 0 Å². The van der Waals surface area contributed by atoms with Gasteiger partial charge >= 0.3 is 0 Å². The minimum Gasteiger partial charge on any atom is -0.352 e. The average molecular weight is 680 g/mol. The number of carbonyl (C=O) groups excluding carboxylic acids is 4. The monoisotopic (exact) mass is 679 g/mol. The SMILES string of the molecule is CCCNC(=O)c1cc(C(=O)NCCN)cc(-c2ccc3sc4ccc(-c5cc(C(=O)NCCN)cc(C(=O)NCCN)c5)cc4c3c2)c1. The number of benzene rings is 4. The van der Waals surface area contributed by atoms with E-state index < -0.39 is 0 Å². The van der Waals surface area contributed by atoms with Gasteiger partial charge in [-0.2, -0.15) is 0 Å². The van der Waals surface area contributed by atoms with Gasteiger partial charge in [-0.25, -0.2) is 0 Å². The Labute approximate surface area is 288 Å². The number of hydrogen-bond donors (Lipinski definition) is 7. The summed E-state index contributed by atoms with van der Waals surface area (Å²) in [6.07, 6.45) is 0.785. The number of amides is 4. The summed E-state index contributed by atoms with van der Waals surface area (Å²) in [5.74, 6) is -1.21. The van der Waals surface area contributed by atoms with Crippen LogP contribution in [0.15, 0.2) is 72.8 Å². The number of rotatable bonds is 14. The number of carbonyl (C=O) groups is 4. The molecule has 11 nitrogen and oxygen atoms in total. The molecule has 5 aromatic rings. The second-order valence-corrected chi connectivity index (χ2v) is 12.6. The molecule has 49 heavy (non-hydrogen) atoms.